The molecule has 0 spiro atoms. The fourth-order valence-corrected chi connectivity index (χ4v) is 3.61. The van der Waals surface area contributed by atoms with Crippen LogP contribution in [-0.2, 0) is 4.79 Å². The molecule has 1 fully saturated rings. The van der Waals surface area contributed by atoms with Gasteiger partial charge in [0.05, 0.1) is 10.9 Å². The number of benzene rings is 2. The molecule has 1 aliphatic rings. The topological polar surface area (TPSA) is 56.5 Å². The van der Waals surface area contributed by atoms with Gasteiger partial charge in [0.1, 0.15) is 17.6 Å². The van der Waals surface area contributed by atoms with E-state index in [2.05, 4.69) is 0 Å². The van der Waals surface area contributed by atoms with E-state index < -0.39 is 0 Å². The highest BCUT2D eigenvalue weighted by molar-refractivity contribution is 5.83. The standard InChI is InChI=1S/C22H20O4/c23-21(12-15-6-4-5-7-15)26-17-10-11-18-20(13-17)25-14-19(22(18)24)16-8-2-1-3-9-16/h1-3,8-11,13-15H,4-7,12H2. The maximum absolute atomic E-state index is 12.7. The Kier molecular flexibility index (Phi) is 4.57. The SMILES string of the molecule is O=C(CC1CCCC1)Oc1ccc2c(=O)c(-c3ccccc3)coc2c1. The van der Waals surface area contributed by atoms with E-state index in [9.17, 15) is 9.59 Å². The molecule has 1 aliphatic carbocycles. The van der Waals surface area contributed by atoms with Crippen molar-refractivity contribution in [3.8, 4) is 16.9 Å². The average molecular weight is 348 g/mol. The molecule has 26 heavy (non-hydrogen) atoms. The summed E-state index contributed by atoms with van der Waals surface area (Å²) in [6.45, 7) is 0. The molecule has 4 nitrogen and oxygen atoms in total. The summed E-state index contributed by atoms with van der Waals surface area (Å²) in [7, 11) is 0. The van der Waals surface area contributed by atoms with Gasteiger partial charge in [-0.3, -0.25) is 9.59 Å². The van der Waals surface area contributed by atoms with Gasteiger partial charge in [-0.15, -0.1) is 0 Å². The minimum absolute atomic E-state index is 0.0960. The smallest absolute Gasteiger partial charge is 0.311 e. The van der Waals surface area contributed by atoms with Crippen molar-refractivity contribution in [2.45, 2.75) is 32.1 Å². The minimum atomic E-state index is -0.223. The van der Waals surface area contributed by atoms with E-state index in [4.69, 9.17) is 9.15 Å². The number of carbonyl (C=O) groups excluding carboxylic acids is 1. The number of fused-ring (bicyclic) bond motifs is 1. The summed E-state index contributed by atoms with van der Waals surface area (Å²) in [6.07, 6.45) is 6.51. The number of hydrogen-bond acceptors (Lipinski definition) is 4. The van der Waals surface area contributed by atoms with Crippen LogP contribution in [0.25, 0.3) is 22.1 Å². The molecule has 2 aromatic carbocycles. The van der Waals surface area contributed by atoms with E-state index >= 15 is 0 Å². The van der Waals surface area contributed by atoms with Gasteiger partial charge in [-0.05, 0) is 36.5 Å². The van der Waals surface area contributed by atoms with Crippen LogP contribution in [0.1, 0.15) is 32.1 Å². The van der Waals surface area contributed by atoms with Crippen LogP contribution < -0.4 is 10.2 Å². The number of esters is 1. The second kappa shape index (κ2) is 7.16. The first kappa shape index (κ1) is 16.6. The van der Waals surface area contributed by atoms with Gasteiger partial charge in [0.25, 0.3) is 0 Å². The molecular weight excluding hydrogens is 328 g/mol. The van der Waals surface area contributed by atoms with Crippen LogP contribution >= 0.6 is 0 Å². The Labute approximate surface area is 151 Å². The molecule has 1 saturated carbocycles. The van der Waals surface area contributed by atoms with E-state index in [0.29, 0.717) is 34.6 Å². The minimum Gasteiger partial charge on any atom is -0.463 e. The van der Waals surface area contributed by atoms with E-state index in [-0.39, 0.29) is 11.4 Å². The quantitative estimate of drug-likeness (QED) is 0.495. The van der Waals surface area contributed by atoms with Crippen LogP contribution in [-0.4, -0.2) is 5.97 Å². The normalized spacial score (nSPS) is 14.6. The number of rotatable bonds is 4. The van der Waals surface area contributed by atoms with Gasteiger partial charge < -0.3 is 9.15 Å². The maximum atomic E-state index is 12.7. The van der Waals surface area contributed by atoms with Crippen molar-refractivity contribution in [1.82, 2.24) is 0 Å². The monoisotopic (exact) mass is 348 g/mol. The zero-order valence-corrected chi connectivity index (χ0v) is 14.4. The summed E-state index contributed by atoms with van der Waals surface area (Å²) in [5.74, 6) is 0.630. The highest BCUT2D eigenvalue weighted by Crippen LogP contribution is 2.28. The van der Waals surface area contributed by atoms with Crippen LogP contribution in [0.2, 0.25) is 0 Å². The van der Waals surface area contributed by atoms with Gasteiger partial charge in [-0.2, -0.15) is 0 Å². The summed E-state index contributed by atoms with van der Waals surface area (Å²) in [5.41, 5.74) is 1.65. The summed E-state index contributed by atoms with van der Waals surface area (Å²) in [5, 5.41) is 0.474. The summed E-state index contributed by atoms with van der Waals surface area (Å²) < 4.78 is 11.1. The maximum Gasteiger partial charge on any atom is 0.311 e. The molecule has 0 aliphatic heterocycles. The summed E-state index contributed by atoms with van der Waals surface area (Å²) >= 11 is 0. The van der Waals surface area contributed by atoms with Crippen molar-refractivity contribution in [2.24, 2.45) is 5.92 Å². The lowest BCUT2D eigenvalue weighted by atomic mass is 10.0. The zero-order valence-electron chi connectivity index (χ0n) is 14.4. The molecule has 132 valence electrons. The Morgan fingerprint density at radius 3 is 2.62 bits per heavy atom. The predicted octanol–water partition coefficient (Wildman–Crippen LogP) is 4.95. The van der Waals surface area contributed by atoms with Crippen LogP contribution in [0, 0.1) is 5.92 Å². The third kappa shape index (κ3) is 3.40. The molecule has 0 atom stereocenters. The lowest BCUT2D eigenvalue weighted by Crippen LogP contribution is -2.12. The second-order valence-corrected chi connectivity index (χ2v) is 6.83. The summed E-state index contributed by atoms with van der Waals surface area (Å²) in [6, 6.07) is 14.3. The molecule has 3 aromatic rings. The first-order valence-electron chi connectivity index (χ1n) is 9.02. The Balaban J connectivity index is 1.58. The largest absolute Gasteiger partial charge is 0.463 e. The Morgan fingerprint density at radius 2 is 1.85 bits per heavy atom. The molecule has 0 saturated heterocycles. The molecule has 1 aromatic heterocycles. The average Bonchev–Trinajstić information content (AvgIpc) is 3.15. The van der Waals surface area contributed by atoms with E-state index in [1.807, 2.05) is 30.3 Å². The van der Waals surface area contributed by atoms with Gasteiger partial charge in [0.2, 0.25) is 0 Å². The lowest BCUT2D eigenvalue weighted by Gasteiger charge is -2.09. The Hall–Kier alpha value is -2.88. The molecule has 0 N–H and O–H groups in total. The van der Waals surface area contributed by atoms with Gasteiger partial charge in [-0.25, -0.2) is 0 Å². The third-order valence-corrected chi connectivity index (χ3v) is 4.99. The number of carbonyl (C=O) groups is 1. The van der Waals surface area contributed by atoms with Gasteiger partial charge in [-0.1, -0.05) is 43.2 Å². The van der Waals surface area contributed by atoms with Crippen molar-refractivity contribution in [3.05, 3.63) is 65.0 Å². The Morgan fingerprint density at radius 1 is 1.08 bits per heavy atom. The van der Waals surface area contributed by atoms with Crippen molar-refractivity contribution in [3.63, 3.8) is 0 Å². The molecule has 0 bridgehead atoms. The predicted molar refractivity (Wildman–Crippen MR) is 100 cm³/mol. The van der Waals surface area contributed by atoms with Crippen LogP contribution in [0.5, 0.6) is 5.75 Å². The molecule has 1 heterocycles. The number of ether oxygens (including phenoxy) is 1. The van der Waals surface area contributed by atoms with Gasteiger partial charge in [0.15, 0.2) is 5.43 Å². The van der Waals surface area contributed by atoms with Crippen LogP contribution in [0.3, 0.4) is 0 Å². The molecule has 0 radical (unpaired) electrons. The molecule has 0 amide bonds. The molecule has 4 heteroatoms. The molecular formula is C22H20O4. The lowest BCUT2D eigenvalue weighted by molar-refractivity contribution is -0.135. The molecule has 4 rings (SSSR count). The van der Waals surface area contributed by atoms with E-state index in [1.165, 1.54) is 19.1 Å². The first-order valence-corrected chi connectivity index (χ1v) is 9.02. The summed E-state index contributed by atoms with van der Waals surface area (Å²) in [4.78, 5) is 24.8. The van der Waals surface area contributed by atoms with Crippen molar-refractivity contribution in [2.75, 3.05) is 0 Å². The van der Waals surface area contributed by atoms with Crippen molar-refractivity contribution < 1.29 is 13.9 Å². The third-order valence-electron chi connectivity index (χ3n) is 4.99. The van der Waals surface area contributed by atoms with Crippen molar-refractivity contribution >= 4 is 16.9 Å². The van der Waals surface area contributed by atoms with Crippen LogP contribution in [0.15, 0.2) is 64.0 Å². The van der Waals surface area contributed by atoms with E-state index in [1.54, 1.807) is 18.2 Å². The second-order valence-electron chi connectivity index (χ2n) is 6.83. The zero-order chi connectivity index (χ0) is 17.9. The number of hydrogen-bond donors (Lipinski definition) is 0. The fourth-order valence-electron chi connectivity index (χ4n) is 3.61. The highest BCUT2D eigenvalue weighted by Gasteiger charge is 2.20. The van der Waals surface area contributed by atoms with Crippen molar-refractivity contribution in [1.29, 1.82) is 0 Å². The van der Waals surface area contributed by atoms with Gasteiger partial charge in [0, 0.05) is 12.5 Å². The Bertz CT molecular complexity index is 982. The highest BCUT2D eigenvalue weighted by atomic mass is 16.5. The van der Waals surface area contributed by atoms with Gasteiger partial charge >= 0.3 is 5.97 Å². The fraction of sp³-hybridized carbons (Fsp3) is 0.273. The van der Waals surface area contributed by atoms with Crippen LogP contribution in [0.4, 0.5) is 0 Å². The van der Waals surface area contributed by atoms with E-state index in [0.717, 1.165) is 18.4 Å². The molecule has 0 unspecified atom stereocenters. The first-order chi connectivity index (χ1) is 12.7.